The van der Waals surface area contributed by atoms with Crippen LogP contribution in [0.4, 0.5) is 0 Å². The summed E-state index contributed by atoms with van der Waals surface area (Å²) in [4.78, 5) is 2.49. The van der Waals surface area contributed by atoms with Crippen LogP contribution < -0.4 is 4.83 Å². The molecule has 0 saturated heterocycles. The average molecular weight is 405 g/mol. The van der Waals surface area contributed by atoms with Crippen molar-refractivity contribution in [2.45, 2.75) is 25.7 Å². The van der Waals surface area contributed by atoms with Gasteiger partial charge in [0.15, 0.2) is 0 Å². The Labute approximate surface area is 172 Å². The van der Waals surface area contributed by atoms with Crippen LogP contribution >= 0.6 is 0 Å². The molecule has 1 N–H and O–H groups in total. The third-order valence-corrected chi connectivity index (χ3v) is 5.77. The molecule has 0 atom stereocenters. The second-order valence-electron chi connectivity index (χ2n) is 6.93. The summed E-state index contributed by atoms with van der Waals surface area (Å²) in [6, 6.07) is 25.1. The number of hydrogen-bond donors (Lipinski definition) is 1. The highest BCUT2D eigenvalue weighted by Crippen LogP contribution is 2.22. The minimum atomic E-state index is -3.68. The van der Waals surface area contributed by atoms with Crippen molar-refractivity contribution in [1.29, 1.82) is 0 Å². The molecular formula is C24H24N2O2S. The standard InChI is InChI=1S/C24H24N2O2S/c1-18-9-15-24(16-10-18)29(27,28)26-25-20(3)17-19(2)21-11-13-23(14-12-21)22-7-5-4-6-8-22/h4-17,26H,1-3H3/b19-17+,25-20?. The lowest BCUT2D eigenvalue weighted by molar-refractivity contribution is 0.584. The van der Waals surface area contributed by atoms with Gasteiger partial charge < -0.3 is 0 Å². The first-order chi connectivity index (χ1) is 13.8. The first-order valence-electron chi connectivity index (χ1n) is 9.32. The molecule has 3 aromatic carbocycles. The van der Waals surface area contributed by atoms with Crippen LogP contribution in [0.1, 0.15) is 25.0 Å². The summed E-state index contributed by atoms with van der Waals surface area (Å²) >= 11 is 0. The summed E-state index contributed by atoms with van der Waals surface area (Å²) in [6.07, 6.45) is 1.86. The second-order valence-corrected chi connectivity index (χ2v) is 8.59. The van der Waals surface area contributed by atoms with Crippen molar-refractivity contribution < 1.29 is 8.42 Å². The Balaban J connectivity index is 1.72. The van der Waals surface area contributed by atoms with Gasteiger partial charge in [-0.2, -0.15) is 18.4 Å². The molecule has 0 heterocycles. The number of hydrogen-bond acceptors (Lipinski definition) is 3. The molecule has 0 unspecified atom stereocenters. The number of aryl methyl sites for hydroxylation is 1. The summed E-state index contributed by atoms with van der Waals surface area (Å²) < 4.78 is 24.7. The minimum Gasteiger partial charge on any atom is -0.200 e. The predicted octanol–water partition coefficient (Wildman–Crippen LogP) is 5.42. The molecule has 0 saturated carbocycles. The highest BCUT2D eigenvalue weighted by molar-refractivity contribution is 7.89. The molecule has 0 radical (unpaired) electrons. The molecule has 0 amide bonds. The van der Waals surface area contributed by atoms with Crippen molar-refractivity contribution in [3.05, 3.63) is 96.1 Å². The van der Waals surface area contributed by atoms with Gasteiger partial charge in [0.2, 0.25) is 0 Å². The summed E-state index contributed by atoms with van der Waals surface area (Å²) in [7, 11) is -3.68. The van der Waals surface area contributed by atoms with E-state index >= 15 is 0 Å². The average Bonchev–Trinajstić information content (AvgIpc) is 2.73. The van der Waals surface area contributed by atoms with Crippen LogP contribution in [0.2, 0.25) is 0 Å². The maximum atomic E-state index is 12.3. The Morgan fingerprint density at radius 2 is 1.41 bits per heavy atom. The third-order valence-electron chi connectivity index (χ3n) is 4.55. The largest absolute Gasteiger partial charge is 0.276 e. The van der Waals surface area contributed by atoms with Crippen LogP contribution in [0.3, 0.4) is 0 Å². The quantitative estimate of drug-likeness (QED) is 0.440. The highest BCUT2D eigenvalue weighted by Gasteiger charge is 2.12. The molecule has 4 nitrogen and oxygen atoms in total. The third kappa shape index (κ3) is 5.42. The number of hydrazone groups is 1. The van der Waals surface area contributed by atoms with E-state index in [0.717, 1.165) is 22.3 Å². The number of nitrogens with zero attached hydrogens (tertiary/aromatic N) is 1. The highest BCUT2D eigenvalue weighted by atomic mass is 32.2. The Morgan fingerprint density at radius 3 is 2.03 bits per heavy atom. The van der Waals surface area contributed by atoms with Gasteiger partial charge in [-0.15, -0.1) is 0 Å². The van der Waals surface area contributed by atoms with E-state index in [9.17, 15) is 8.42 Å². The summed E-state index contributed by atoms with van der Waals surface area (Å²) in [5.74, 6) is 0. The fourth-order valence-electron chi connectivity index (χ4n) is 2.89. The molecule has 5 heteroatoms. The molecule has 3 rings (SSSR count). The lowest BCUT2D eigenvalue weighted by Gasteiger charge is -2.06. The van der Waals surface area contributed by atoms with Crippen molar-refractivity contribution in [2.24, 2.45) is 5.10 Å². The fourth-order valence-corrected chi connectivity index (χ4v) is 3.75. The monoisotopic (exact) mass is 404 g/mol. The number of nitrogens with one attached hydrogen (secondary N) is 1. The zero-order valence-electron chi connectivity index (χ0n) is 16.8. The SMILES string of the molecule is CC(/C=C(\C)c1ccc(-c2ccccc2)cc1)=NNS(=O)(=O)c1ccc(C)cc1. The molecule has 0 aromatic heterocycles. The Hall–Kier alpha value is -3.18. The van der Waals surface area contributed by atoms with Crippen LogP contribution in [0.25, 0.3) is 16.7 Å². The molecule has 0 aliphatic heterocycles. The van der Waals surface area contributed by atoms with E-state index in [1.54, 1.807) is 31.2 Å². The summed E-state index contributed by atoms with van der Waals surface area (Å²) in [5, 5.41) is 4.03. The maximum absolute atomic E-state index is 12.3. The molecule has 0 aliphatic rings. The van der Waals surface area contributed by atoms with Crippen molar-refractivity contribution in [3.8, 4) is 11.1 Å². The Bertz CT molecular complexity index is 1130. The van der Waals surface area contributed by atoms with E-state index < -0.39 is 10.0 Å². The van der Waals surface area contributed by atoms with Gasteiger partial charge in [0.25, 0.3) is 10.0 Å². The smallest absolute Gasteiger partial charge is 0.200 e. The first kappa shape index (κ1) is 20.6. The van der Waals surface area contributed by atoms with Crippen LogP contribution in [0.15, 0.2) is 94.9 Å². The maximum Gasteiger partial charge on any atom is 0.276 e. The summed E-state index contributed by atoms with van der Waals surface area (Å²) in [6.45, 7) is 5.65. The van der Waals surface area contributed by atoms with Crippen LogP contribution in [-0.4, -0.2) is 14.1 Å². The van der Waals surface area contributed by atoms with E-state index in [4.69, 9.17) is 0 Å². The molecule has 0 spiro atoms. The second kappa shape index (κ2) is 8.88. The number of benzene rings is 3. The van der Waals surface area contributed by atoms with Crippen molar-refractivity contribution >= 4 is 21.3 Å². The van der Waals surface area contributed by atoms with E-state index in [1.807, 2.05) is 38.1 Å². The number of allylic oxidation sites excluding steroid dienone is 2. The van der Waals surface area contributed by atoms with E-state index in [1.165, 1.54) is 5.56 Å². The Morgan fingerprint density at radius 1 is 0.828 bits per heavy atom. The molecule has 3 aromatic rings. The minimum absolute atomic E-state index is 0.192. The van der Waals surface area contributed by atoms with Gasteiger partial charge in [0, 0.05) is 0 Å². The first-order valence-corrected chi connectivity index (χ1v) is 10.8. The Kier molecular flexibility index (Phi) is 6.29. The topological polar surface area (TPSA) is 58.5 Å². The van der Waals surface area contributed by atoms with Gasteiger partial charge in [0.1, 0.15) is 0 Å². The molecule has 0 fully saturated rings. The summed E-state index contributed by atoms with van der Waals surface area (Å²) in [5.41, 5.74) is 5.95. The molecule has 0 bridgehead atoms. The van der Waals surface area contributed by atoms with Gasteiger partial charge in [-0.3, -0.25) is 0 Å². The fraction of sp³-hybridized carbons (Fsp3) is 0.125. The van der Waals surface area contributed by atoms with Crippen molar-refractivity contribution in [3.63, 3.8) is 0 Å². The van der Waals surface area contributed by atoms with Crippen LogP contribution in [0.5, 0.6) is 0 Å². The van der Waals surface area contributed by atoms with Crippen LogP contribution in [-0.2, 0) is 10.0 Å². The normalized spacial score (nSPS) is 12.7. The van der Waals surface area contributed by atoms with E-state index in [-0.39, 0.29) is 4.90 Å². The molecule has 0 aliphatic carbocycles. The predicted molar refractivity (Wildman–Crippen MR) is 120 cm³/mol. The lowest BCUT2D eigenvalue weighted by Crippen LogP contribution is -2.19. The zero-order chi connectivity index (χ0) is 20.9. The molecule has 148 valence electrons. The van der Waals surface area contributed by atoms with E-state index in [2.05, 4.69) is 46.3 Å². The van der Waals surface area contributed by atoms with Gasteiger partial charge in [-0.25, -0.2) is 0 Å². The van der Waals surface area contributed by atoms with Crippen molar-refractivity contribution in [2.75, 3.05) is 0 Å². The molecular weight excluding hydrogens is 380 g/mol. The van der Waals surface area contributed by atoms with Gasteiger partial charge >= 0.3 is 0 Å². The molecule has 29 heavy (non-hydrogen) atoms. The van der Waals surface area contributed by atoms with E-state index in [0.29, 0.717) is 5.71 Å². The lowest BCUT2D eigenvalue weighted by atomic mass is 10.0. The van der Waals surface area contributed by atoms with Gasteiger partial charge in [-0.1, -0.05) is 72.3 Å². The number of rotatable bonds is 6. The van der Waals surface area contributed by atoms with Gasteiger partial charge in [-0.05, 0) is 61.2 Å². The number of sulfonamides is 1. The zero-order valence-corrected chi connectivity index (χ0v) is 17.6. The van der Waals surface area contributed by atoms with Gasteiger partial charge in [0.05, 0.1) is 10.6 Å². The van der Waals surface area contributed by atoms with Crippen molar-refractivity contribution in [1.82, 2.24) is 4.83 Å². The van der Waals surface area contributed by atoms with Crippen LogP contribution in [0, 0.1) is 6.92 Å².